The molecule has 1 aromatic heterocycles. The first-order valence-corrected chi connectivity index (χ1v) is 11.1. The van der Waals surface area contributed by atoms with E-state index in [4.69, 9.17) is 0 Å². The summed E-state index contributed by atoms with van der Waals surface area (Å²) in [4.78, 5) is 24.6. The van der Waals surface area contributed by atoms with Gasteiger partial charge in [-0.05, 0) is 48.6 Å². The molecule has 7 nitrogen and oxygen atoms in total. The summed E-state index contributed by atoms with van der Waals surface area (Å²) < 4.78 is 15.5. The molecule has 1 aliphatic carbocycles. The lowest BCUT2D eigenvalue weighted by atomic mass is 10.0. The summed E-state index contributed by atoms with van der Waals surface area (Å²) in [5.41, 5.74) is 5.99. The number of H-pyrrole nitrogens is 1. The molecule has 0 unspecified atom stereocenters. The van der Waals surface area contributed by atoms with Crippen LogP contribution in [-0.2, 0) is 13.6 Å². The first-order valence-electron chi connectivity index (χ1n) is 11.1. The molecule has 2 N–H and O–H groups in total. The summed E-state index contributed by atoms with van der Waals surface area (Å²) in [7, 11) is 3.91. The Labute approximate surface area is 195 Å². The largest absolute Gasteiger partial charge is 0.379 e. The minimum absolute atomic E-state index is 0.121. The van der Waals surface area contributed by atoms with Crippen LogP contribution in [0.15, 0.2) is 66.0 Å². The first-order chi connectivity index (χ1) is 16.5. The molecule has 0 atom stereocenters. The van der Waals surface area contributed by atoms with Crippen LogP contribution in [0.5, 0.6) is 0 Å². The third-order valence-corrected chi connectivity index (χ3v) is 6.54. The quantitative estimate of drug-likeness (QED) is 0.495. The van der Waals surface area contributed by atoms with Crippen LogP contribution in [0.2, 0.25) is 0 Å². The number of rotatable bonds is 4. The van der Waals surface area contributed by atoms with Crippen LogP contribution in [0.4, 0.5) is 21.5 Å². The number of aromatic nitrogens is 3. The van der Waals surface area contributed by atoms with Crippen LogP contribution in [0, 0.1) is 5.82 Å². The van der Waals surface area contributed by atoms with Crippen molar-refractivity contribution in [2.75, 3.05) is 23.4 Å². The van der Waals surface area contributed by atoms with Crippen molar-refractivity contribution >= 4 is 28.8 Å². The minimum atomic E-state index is -0.278. The van der Waals surface area contributed by atoms with Gasteiger partial charge in [-0.15, -0.1) is 0 Å². The highest BCUT2D eigenvalue weighted by Gasteiger charge is 2.28. The fourth-order valence-corrected chi connectivity index (χ4v) is 4.80. The van der Waals surface area contributed by atoms with Gasteiger partial charge in [0.1, 0.15) is 5.82 Å². The van der Waals surface area contributed by atoms with Crippen LogP contribution in [0.3, 0.4) is 0 Å². The normalized spacial score (nSPS) is 14.4. The van der Waals surface area contributed by atoms with Crippen molar-refractivity contribution in [3.8, 4) is 11.1 Å². The molecule has 8 heteroatoms. The number of nitrogens with one attached hydrogen (secondary N) is 2. The zero-order valence-corrected chi connectivity index (χ0v) is 18.8. The van der Waals surface area contributed by atoms with Gasteiger partial charge >= 0.3 is 0 Å². The van der Waals surface area contributed by atoms with E-state index in [-0.39, 0.29) is 11.4 Å². The molecule has 0 radical (unpaired) electrons. The van der Waals surface area contributed by atoms with Crippen molar-refractivity contribution < 1.29 is 4.39 Å². The number of benzene rings is 1. The Bertz CT molecular complexity index is 1600. The van der Waals surface area contributed by atoms with E-state index in [9.17, 15) is 9.18 Å². The molecule has 1 aromatic carbocycles. The van der Waals surface area contributed by atoms with Gasteiger partial charge in [0.25, 0.3) is 5.56 Å². The SMILES string of the molecule is CN1C=CC(NCc2cncn2C)=c2ccc3c4c([nH]c(=O)c-4c21)=CCN3c1ccc(F)cc1. The first kappa shape index (κ1) is 20.3. The van der Waals surface area contributed by atoms with E-state index in [1.165, 1.54) is 12.1 Å². The molecule has 0 bridgehead atoms. The zero-order valence-electron chi connectivity index (χ0n) is 18.8. The van der Waals surface area contributed by atoms with Gasteiger partial charge in [-0.25, -0.2) is 9.37 Å². The number of nitrogens with zero attached hydrogens (tertiary/aromatic N) is 4. The van der Waals surface area contributed by atoms with E-state index in [1.807, 2.05) is 54.2 Å². The predicted molar refractivity (Wildman–Crippen MR) is 132 cm³/mol. The average molecular weight is 455 g/mol. The number of halogens is 1. The van der Waals surface area contributed by atoms with Crippen LogP contribution >= 0.6 is 0 Å². The number of hydrogen-bond donors (Lipinski definition) is 2. The lowest BCUT2D eigenvalue weighted by Crippen LogP contribution is -2.29. The number of anilines is 3. The molecule has 34 heavy (non-hydrogen) atoms. The molecule has 6 rings (SSSR count). The Morgan fingerprint density at radius 3 is 2.71 bits per heavy atom. The van der Waals surface area contributed by atoms with Crippen LogP contribution in [0.1, 0.15) is 5.69 Å². The zero-order chi connectivity index (χ0) is 23.4. The smallest absolute Gasteiger partial charge is 0.258 e. The second-order valence-electron chi connectivity index (χ2n) is 8.58. The van der Waals surface area contributed by atoms with Gasteiger partial charge in [-0.2, -0.15) is 0 Å². The standard InChI is InChI=1S/C26H23FN6O/c1-31-11-9-20(29-14-18-13-28-15-32(18)2)19-7-8-22-23-21(30-26(34)24(23)25(19)31)10-12-33(22)17-5-3-16(27)4-6-17/h3-11,13,15,29H,12,14H2,1-2H3,(H,30,34). The molecule has 0 saturated carbocycles. The summed E-state index contributed by atoms with van der Waals surface area (Å²) in [6.07, 6.45) is 9.60. The molecule has 4 heterocycles. The van der Waals surface area contributed by atoms with E-state index in [1.54, 1.807) is 18.5 Å². The maximum atomic E-state index is 13.6. The van der Waals surface area contributed by atoms with Crippen molar-refractivity contribution in [3.63, 3.8) is 0 Å². The van der Waals surface area contributed by atoms with Crippen LogP contribution < -0.4 is 31.2 Å². The van der Waals surface area contributed by atoms with Gasteiger partial charge in [0.05, 0.1) is 35.5 Å². The fourth-order valence-electron chi connectivity index (χ4n) is 4.80. The summed E-state index contributed by atoms with van der Waals surface area (Å²) >= 11 is 0. The molecule has 0 fully saturated rings. The van der Waals surface area contributed by atoms with E-state index in [2.05, 4.69) is 26.3 Å². The molecular weight excluding hydrogens is 431 g/mol. The van der Waals surface area contributed by atoms with Crippen LogP contribution in [0.25, 0.3) is 22.9 Å². The molecule has 170 valence electrons. The van der Waals surface area contributed by atoms with Crippen molar-refractivity contribution in [1.29, 1.82) is 0 Å². The summed E-state index contributed by atoms with van der Waals surface area (Å²) in [5.74, 6) is -0.278. The van der Waals surface area contributed by atoms with Gasteiger partial charge in [-0.1, -0.05) is 0 Å². The predicted octanol–water partition coefficient (Wildman–Crippen LogP) is 2.15. The van der Waals surface area contributed by atoms with E-state index < -0.39 is 0 Å². The molecule has 0 saturated heterocycles. The number of fused-ring (bicyclic) bond motifs is 2. The lowest BCUT2D eigenvalue weighted by molar-refractivity contribution is 0.628. The molecule has 2 aromatic rings. The second kappa shape index (κ2) is 7.62. The lowest BCUT2D eigenvalue weighted by Gasteiger charge is -2.27. The number of hydrogen-bond acceptors (Lipinski definition) is 5. The number of imidazole rings is 1. The third kappa shape index (κ3) is 3.10. The minimum Gasteiger partial charge on any atom is -0.379 e. The topological polar surface area (TPSA) is 69.2 Å². The maximum Gasteiger partial charge on any atom is 0.258 e. The monoisotopic (exact) mass is 454 g/mol. The van der Waals surface area contributed by atoms with Crippen LogP contribution in [-0.4, -0.2) is 28.1 Å². The average Bonchev–Trinajstić information content (AvgIpc) is 3.32. The van der Waals surface area contributed by atoms with Crippen molar-refractivity contribution in [2.24, 2.45) is 7.05 Å². The van der Waals surface area contributed by atoms with Gasteiger partial charge in [0, 0.05) is 60.6 Å². The highest BCUT2D eigenvalue weighted by molar-refractivity contribution is 5.93. The summed E-state index contributed by atoms with van der Waals surface area (Å²) in [6, 6.07) is 10.5. The third-order valence-electron chi connectivity index (χ3n) is 6.54. The molecule has 0 spiro atoms. The maximum absolute atomic E-state index is 13.6. The summed E-state index contributed by atoms with van der Waals surface area (Å²) in [6.45, 7) is 1.18. The molecular formula is C26H23FN6O. The van der Waals surface area contributed by atoms with Gasteiger partial charge < -0.3 is 24.7 Å². The van der Waals surface area contributed by atoms with Crippen molar-refractivity contribution in [2.45, 2.75) is 6.54 Å². The highest BCUT2D eigenvalue weighted by Crippen LogP contribution is 2.37. The highest BCUT2D eigenvalue weighted by atomic mass is 19.1. The Morgan fingerprint density at radius 2 is 1.94 bits per heavy atom. The number of aryl methyl sites for hydroxylation is 1. The van der Waals surface area contributed by atoms with E-state index in [0.717, 1.165) is 44.6 Å². The van der Waals surface area contributed by atoms with Gasteiger partial charge in [0.2, 0.25) is 0 Å². The van der Waals surface area contributed by atoms with E-state index >= 15 is 0 Å². The number of aromatic amines is 1. The molecule has 4 aliphatic rings. The summed E-state index contributed by atoms with van der Waals surface area (Å²) in [5, 5.41) is 5.27. The second-order valence-corrected chi connectivity index (χ2v) is 8.58. The Balaban J connectivity index is 1.57. The fraction of sp³-hybridized carbons (Fsp3) is 0.154. The van der Waals surface area contributed by atoms with Gasteiger partial charge in [0.15, 0.2) is 0 Å². The Hall–Kier alpha value is -4.33. The Morgan fingerprint density at radius 1 is 1.12 bits per heavy atom. The van der Waals surface area contributed by atoms with Crippen molar-refractivity contribution in [1.82, 2.24) is 19.9 Å². The molecule has 3 aliphatic heterocycles. The Kier molecular flexibility index (Phi) is 4.55. The molecule has 0 amide bonds. The van der Waals surface area contributed by atoms with Crippen molar-refractivity contribution in [3.05, 3.63) is 93.6 Å². The van der Waals surface area contributed by atoms with E-state index in [0.29, 0.717) is 18.7 Å². The van der Waals surface area contributed by atoms with Gasteiger partial charge in [-0.3, -0.25) is 4.79 Å².